The minimum absolute atomic E-state index is 0.166. The van der Waals surface area contributed by atoms with Crippen molar-refractivity contribution in [1.82, 2.24) is 9.62 Å². The molecular weight excluding hydrogens is 296 g/mol. The Morgan fingerprint density at radius 2 is 2.00 bits per heavy atom. The van der Waals surface area contributed by atoms with Gasteiger partial charge in [0.05, 0.1) is 6.26 Å². The molecule has 1 rings (SSSR count). The summed E-state index contributed by atoms with van der Waals surface area (Å²) in [6.07, 6.45) is 5.56. The van der Waals surface area contributed by atoms with Crippen molar-refractivity contribution in [3.05, 3.63) is 0 Å². The first kappa shape index (κ1) is 18.2. The van der Waals surface area contributed by atoms with Crippen LogP contribution in [0.1, 0.15) is 39.5 Å². The number of sulfonamides is 1. The summed E-state index contributed by atoms with van der Waals surface area (Å²) < 4.78 is 24.7. The molecule has 0 radical (unpaired) electrons. The van der Waals surface area contributed by atoms with Crippen LogP contribution in [0.25, 0.3) is 0 Å². The van der Waals surface area contributed by atoms with Crippen molar-refractivity contribution >= 4 is 21.6 Å². The topological polar surface area (TPSA) is 49.4 Å². The van der Waals surface area contributed by atoms with Gasteiger partial charge < -0.3 is 5.32 Å². The lowest BCUT2D eigenvalue weighted by molar-refractivity contribution is 0.260. The summed E-state index contributed by atoms with van der Waals surface area (Å²) in [7, 11) is -3.04. The normalized spacial score (nSPS) is 23.1. The second kappa shape index (κ2) is 8.57. The zero-order valence-corrected chi connectivity index (χ0v) is 14.5. The van der Waals surface area contributed by atoms with E-state index >= 15 is 0 Å². The molecule has 4 nitrogen and oxygen atoms in total. The van der Waals surface area contributed by atoms with Crippen LogP contribution in [0.2, 0.25) is 0 Å². The Hall–Kier alpha value is 0.160. The molecule has 1 saturated heterocycles. The molecule has 0 bridgehead atoms. The van der Waals surface area contributed by atoms with Crippen LogP contribution in [0.15, 0.2) is 0 Å². The molecule has 0 amide bonds. The highest BCUT2D eigenvalue weighted by atomic mass is 35.5. The van der Waals surface area contributed by atoms with E-state index in [1.54, 1.807) is 4.31 Å². The maximum atomic E-state index is 11.6. The van der Waals surface area contributed by atoms with Crippen molar-refractivity contribution in [1.29, 1.82) is 0 Å². The lowest BCUT2D eigenvalue weighted by Gasteiger charge is -2.31. The van der Waals surface area contributed by atoms with Gasteiger partial charge in [-0.25, -0.2) is 12.7 Å². The van der Waals surface area contributed by atoms with Crippen LogP contribution < -0.4 is 5.32 Å². The second-order valence-electron chi connectivity index (χ2n) is 5.88. The quantitative estimate of drug-likeness (QED) is 0.697. The molecule has 0 aromatic carbocycles. The molecule has 6 heteroatoms. The van der Waals surface area contributed by atoms with Gasteiger partial charge in [-0.05, 0) is 31.2 Å². The Morgan fingerprint density at radius 3 is 2.55 bits per heavy atom. The van der Waals surface area contributed by atoms with E-state index in [9.17, 15) is 8.42 Å². The third-order valence-corrected chi connectivity index (χ3v) is 6.06. The highest BCUT2D eigenvalue weighted by Gasteiger charge is 2.25. The minimum Gasteiger partial charge on any atom is -0.315 e. The number of nitrogens with zero attached hydrogens (tertiary/aromatic N) is 1. The van der Waals surface area contributed by atoms with E-state index in [0.29, 0.717) is 24.9 Å². The molecule has 1 aliphatic heterocycles. The Morgan fingerprint density at radius 1 is 1.35 bits per heavy atom. The van der Waals surface area contributed by atoms with Gasteiger partial charge in [-0.15, -0.1) is 11.6 Å². The Kier molecular flexibility index (Phi) is 7.80. The average Bonchev–Trinajstić information content (AvgIpc) is 2.39. The fraction of sp³-hybridized carbons (Fsp3) is 1.00. The molecule has 20 heavy (non-hydrogen) atoms. The molecule has 2 unspecified atom stereocenters. The van der Waals surface area contributed by atoms with Crippen LogP contribution in [0.3, 0.4) is 0 Å². The van der Waals surface area contributed by atoms with Crippen LogP contribution in [-0.4, -0.2) is 50.5 Å². The molecule has 1 aliphatic rings. The molecule has 0 spiro atoms. The molecule has 0 saturated carbocycles. The van der Waals surface area contributed by atoms with Crippen molar-refractivity contribution in [2.75, 3.05) is 32.4 Å². The molecule has 0 aliphatic carbocycles. The fourth-order valence-electron chi connectivity index (χ4n) is 2.89. The maximum absolute atomic E-state index is 11.6. The number of hydrogen-bond donors (Lipinski definition) is 1. The monoisotopic (exact) mass is 324 g/mol. The number of piperidine rings is 1. The molecule has 120 valence electrons. The first-order valence-corrected chi connectivity index (χ1v) is 9.96. The van der Waals surface area contributed by atoms with Gasteiger partial charge in [-0.3, -0.25) is 0 Å². The predicted octanol–water partition coefficient (Wildman–Crippen LogP) is 2.29. The first-order chi connectivity index (χ1) is 9.38. The number of rotatable bonds is 8. The maximum Gasteiger partial charge on any atom is 0.211 e. The highest BCUT2D eigenvalue weighted by molar-refractivity contribution is 7.88. The summed E-state index contributed by atoms with van der Waals surface area (Å²) in [5.41, 5.74) is 0. The van der Waals surface area contributed by atoms with Crippen molar-refractivity contribution in [2.45, 2.75) is 44.9 Å². The Bertz CT molecular complexity index is 371. The van der Waals surface area contributed by atoms with Crippen molar-refractivity contribution < 1.29 is 8.42 Å². The molecule has 0 aromatic rings. The average molecular weight is 325 g/mol. The van der Waals surface area contributed by atoms with Crippen molar-refractivity contribution in [3.8, 4) is 0 Å². The van der Waals surface area contributed by atoms with Crippen molar-refractivity contribution in [3.63, 3.8) is 0 Å². The summed E-state index contributed by atoms with van der Waals surface area (Å²) in [5, 5.41) is 3.59. The minimum atomic E-state index is -3.04. The van der Waals surface area contributed by atoms with Gasteiger partial charge >= 0.3 is 0 Å². The summed E-state index contributed by atoms with van der Waals surface area (Å²) in [5.74, 6) is 0.965. The predicted molar refractivity (Wildman–Crippen MR) is 85.7 cm³/mol. The largest absolute Gasteiger partial charge is 0.315 e. The van der Waals surface area contributed by atoms with E-state index in [-0.39, 0.29) is 5.38 Å². The zero-order valence-electron chi connectivity index (χ0n) is 12.9. The number of hydrogen-bond acceptors (Lipinski definition) is 3. The van der Waals surface area contributed by atoms with E-state index in [4.69, 9.17) is 11.6 Å². The summed E-state index contributed by atoms with van der Waals surface area (Å²) in [4.78, 5) is 0. The molecule has 0 aromatic heterocycles. The van der Waals surface area contributed by atoms with Gasteiger partial charge in [0.2, 0.25) is 10.0 Å². The highest BCUT2D eigenvalue weighted by Crippen LogP contribution is 2.20. The van der Waals surface area contributed by atoms with E-state index in [2.05, 4.69) is 19.2 Å². The second-order valence-corrected chi connectivity index (χ2v) is 8.42. The Balaban J connectivity index is 2.31. The molecule has 1 N–H and O–H groups in total. The number of alkyl halides is 1. The van der Waals surface area contributed by atoms with Gasteiger partial charge in [-0.2, -0.15) is 0 Å². The van der Waals surface area contributed by atoms with Gasteiger partial charge in [0, 0.05) is 25.0 Å². The molecule has 2 atom stereocenters. The van der Waals surface area contributed by atoms with Crippen molar-refractivity contribution in [2.24, 2.45) is 11.8 Å². The summed E-state index contributed by atoms with van der Waals surface area (Å²) in [6.45, 7) is 7.33. The molecular formula is C14H29ClN2O2S. The third kappa shape index (κ3) is 5.88. The van der Waals surface area contributed by atoms with Gasteiger partial charge in [0.1, 0.15) is 0 Å². The van der Waals surface area contributed by atoms with E-state index < -0.39 is 10.0 Å². The first-order valence-electron chi connectivity index (χ1n) is 7.68. The van der Waals surface area contributed by atoms with E-state index in [1.807, 2.05) is 0 Å². The van der Waals surface area contributed by atoms with Gasteiger partial charge in [-0.1, -0.05) is 26.7 Å². The van der Waals surface area contributed by atoms with Crippen LogP contribution in [0.4, 0.5) is 0 Å². The van der Waals surface area contributed by atoms with E-state index in [0.717, 1.165) is 38.8 Å². The lowest BCUT2D eigenvalue weighted by atomic mass is 9.97. The molecule has 1 heterocycles. The Labute approximate surface area is 129 Å². The SMILES string of the molecule is CCC(CC)C(Cl)CNCC1CCCN(S(C)(=O)=O)C1. The zero-order chi connectivity index (χ0) is 15.2. The lowest BCUT2D eigenvalue weighted by Crippen LogP contribution is -2.43. The molecule has 1 fully saturated rings. The van der Waals surface area contributed by atoms with Crippen LogP contribution >= 0.6 is 11.6 Å². The van der Waals surface area contributed by atoms with Gasteiger partial charge in [0.15, 0.2) is 0 Å². The summed E-state index contributed by atoms with van der Waals surface area (Å²) in [6, 6.07) is 0. The van der Waals surface area contributed by atoms with E-state index in [1.165, 1.54) is 6.26 Å². The summed E-state index contributed by atoms with van der Waals surface area (Å²) >= 11 is 6.40. The number of nitrogens with one attached hydrogen (secondary N) is 1. The fourth-order valence-corrected chi connectivity index (χ4v) is 4.29. The van der Waals surface area contributed by atoms with Crippen LogP contribution in [0.5, 0.6) is 0 Å². The smallest absolute Gasteiger partial charge is 0.211 e. The standard InChI is InChI=1S/C14H29ClN2O2S/c1-4-13(5-2)14(15)10-16-9-12-7-6-8-17(11-12)20(3,18)19/h12-14,16H,4-11H2,1-3H3. The third-order valence-electron chi connectivity index (χ3n) is 4.28. The number of halogens is 1. The van der Waals surface area contributed by atoms with Crippen LogP contribution in [-0.2, 0) is 10.0 Å². The van der Waals surface area contributed by atoms with Crippen LogP contribution in [0, 0.1) is 11.8 Å². The van der Waals surface area contributed by atoms with Gasteiger partial charge in [0.25, 0.3) is 0 Å².